The van der Waals surface area contributed by atoms with E-state index in [1.54, 1.807) is 6.92 Å². The molecule has 0 amide bonds. The van der Waals surface area contributed by atoms with Crippen LogP contribution in [0.5, 0.6) is 0 Å². The van der Waals surface area contributed by atoms with Crippen molar-refractivity contribution in [2.45, 2.75) is 26.2 Å². The first kappa shape index (κ1) is 12.1. The van der Waals surface area contributed by atoms with Crippen LogP contribution in [0.4, 0.5) is 8.78 Å². The third-order valence-electron chi connectivity index (χ3n) is 1.90. The minimum Gasteiger partial charge on any atom is -0.465 e. The van der Waals surface area contributed by atoms with Gasteiger partial charge >= 0.3 is 11.9 Å². The van der Waals surface area contributed by atoms with Gasteiger partial charge in [0.1, 0.15) is 0 Å². The highest BCUT2D eigenvalue weighted by atomic mass is 19.3. The summed E-state index contributed by atoms with van der Waals surface area (Å²) in [6.45, 7) is 6.48. The van der Waals surface area contributed by atoms with Crippen LogP contribution in [0.2, 0.25) is 0 Å². The fraction of sp³-hybridized carbons (Fsp3) is 0.667. The maximum absolute atomic E-state index is 13.2. The molecule has 0 saturated heterocycles. The summed E-state index contributed by atoms with van der Waals surface area (Å²) in [5.74, 6) is -6.10. The minimum atomic E-state index is -3.46. The van der Waals surface area contributed by atoms with Crippen LogP contribution in [0, 0.1) is 5.92 Å². The number of esters is 1. The van der Waals surface area contributed by atoms with Crippen molar-refractivity contribution < 1.29 is 18.3 Å². The summed E-state index contributed by atoms with van der Waals surface area (Å²) in [4.78, 5) is 10.7. The fourth-order valence-corrected chi connectivity index (χ4v) is 1.19. The van der Waals surface area contributed by atoms with Gasteiger partial charge in [-0.05, 0) is 13.3 Å². The fourth-order valence-electron chi connectivity index (χ4n) is 1.19. The van der Waals surface area contributed by atoms with Crippen LogP contribution in [0.3, 0.4) is 0 Å². The predicted octanol–water partition coefficient (Wildman–Crippen LogP) is 2.40. The molecule has 2 nitrogen and oxygen atoms in total. The molecular weight excluding hydrogens is 178 g/mol. The molecule has 1 unspecified atom stereocenters. The maximum Gasteiger partial charge on any atom is 0.377 e. The van der Waals surface area contributed by atoms with Gasteiger partial charge in [-0.15, -0.1) is 0 Å². The van der Waals surface area contributed by atoms with Gasteiger partial charge in [-0.1, -0.05) is 19.1 Å². The number of halogens is 2. The van der Waals surface area contributed by atoms with E-state index in [2.05, 4.69) is 11.3 Å². The van der Waals surface area contributed by atoms with E-state index in [1.165, 1.54) is 6.92 Å². The summed E-state index contributed by atoms with van der Waals surface area (Å²) in [6.07, 6.45) is 0.164. The number of hydrogen-bond acceptors (Lipinski definition) is 2. The lowest BCUT2D eigenvalue weighted by Gasteiger charge is -2.23. The second-order valence-electron chi connectivity index (χ2n) is 2.92. The van der Waals surface area contributed by atoms with Crippen LogP contribution in [0.1, 0.15) is 20.3 Å². The van der Waals surface area contributed by atoms with Crippen LogP contribution in [-0.2, 0) is 9.53 Å². The van der Waals surface area contributed by atoms with E-state index < -0.39 is 17.8 Å². The van der Waals surface area contributed by atoms with Gasteiger partial charge in [0, 0.05) is 0 Å². The van der Waals surface area contributed by atoms with Crippen LogP contribution >= 0.6 is 0 Å². The molecule has 1 atom stereocenters. The molecule has 0 aromatic carbocycles. The largest absolute Gasteiger partial charge is 0.465 e. The van der Waals surface area contributed by atoms with Crippen molar-refractivity contribution in [3.63, 3.8) is 0 Å². The number of carbonyl (C=O) groups excluding carboxylic acids is 1. The van der Waals surface area contributed by atoms with E-state index in [0.29, 0.717) is 0 Å². The highest BCUT2D eigenvalue weighted by molar-refractivity contribution is 5.78. The van der Waals surface area contributed by atoms with Gasteiger partial charge in [-0.2, -0.15) is 8.78 Å². The number of carbonyl (C=O) groups is 1. The summed E-state index contributed by atoms with van der Waals surface area (Å²) in [5.41, 5.74) is 0.290. The quantitative estimate of drug-likeness (QED) is 0.505. The van der Waals surface area contributed by atoms with Gasteiger partial charge in [0.15, 0.2) is 0 Å². The SMILES string of the molecule is C=C(C)C(CC)C(F)(F)C(=O)OC. The van der Waals surface area contributed by atoms with Crippen molar-refractivity contribution in [1.29, 1.82) is 0 Å². The first-order valence-corrected chi connectivity index (χ1v) is 3.99. The highest BCUT2D eigenvalue weighted by Gasteiger charge is 2.47. The molecule has 0 aromatic heterocycles. The van der Waals surface area contributed by atoms with Crippen molar-refractivity contribution >= 4 is 5.97 Å². The number of hydrogen-bond donors (Lipinski definition) is 0. The van der Waals surface area contributed by atoms with Crippen molar-refractivity contribution in [1.82, 2.24) is 0 Å². The standard InChI is InChI=1S/C9H14F2O2/c1-5-7(6(2)3)9(10,11)8(12)13-4/h7H,2,5H2,1,3-4H3. The lowest BCUT2D eigenvalue weighted by atomic mass is 9.92. The molecule has 4 heteroatoms. The van der Waals surface area contributed by atoms with E-state index in [9.17, 15) is 13.6 Å². The molecule has 0 saturated carbocycles. The van der Waals surface area contributed by atoms with Gasteiger partial charge in [-0.3, -0.25) is 0 Å². The summed E-state index contributed by atoms with van der Waals surface area (Å²) < 4.78 is 30.4. The Labute approximate surface area is 76.6 Å². The lowest BCUT2D eigenvalue weighted by Crippen LogP contribution is -2.38. The molecule has 0 radical (unpaired) electrons. The zero-order valence-electron chi connectivity index (χ0n) is 8.06. The highest BCUT2D eigenvalue weighted by Crippen LogP contribution is 2.33. The Bertz CT molecular complexity index is 212. The Balaban J connectivity index is 4.76. The normalized spacial score (nSPS) is 13.6. The Hall–Kier alpha value is -0.930. The molecular formula is C9H14F2O2. The van der Waals surface area contributed by atoms with Crippen molar-refractivity contribution in [3.8, 4) is 0 Å². The Morgan fingerprint density at radius 2 is 2.08 bits per heavy atom. The average Bonchev–Trinajstić information content (AvgIpc) is 2.02. The molecule has 0 fully saturated rings. The molecule has 0 aromatic rings. The molecule has 13 heavy (non-hydrogen) atoms. The molecule has 76 valence electrons. The van der Waals surface area contributed by atoms with Crippen molar-refractivity contribution in [3.05, 3.63) is 12.2 Å². The second kappa shape index (κ2) is 4.35. The van der Waals surface area contributed by atoms with Gasteiger partial charge in [0.25, 0.3) is 0 Å². The lowest BCUT2D eigenvalue weighted by molar-refractivity contribution is -0.175. The average molecular weight is 192 g/mol. The van der Waals surface area contributed by atoms with Gasteiger partial charge in [0.05, 0.1) is 13.0 Å². The van der Waals surface area contributed by atoms with Gasteiger partial charge < -0.3 is 4.74 Å². The summed E-state index contributed by atoms with van der Waals surface area (Å²) in [6, 6.07) is 0. The van der Waals surface area contributed by atoms with Crippen LogP contribution in [0.25, 0.3) is 0 Å². The van der Waals surface area contributed by atoms with Crippen molar-refractivity contribution in [2.24, 2.45) is 5.92 Å². The first-order valence-electron chi connectivity index (χ1n) is 3.99. The minimum absolute atomic E-state index is 0.164. The molecule has 0 N–H and O–H groups in total. The number of ether oxygens (including phenoxy) is 1. The molecule has 0 heterocycles. The summed E-state index contributed by atoms with van der Waals surface area (Å²) in [5, 5.41) is 0. The number of methoxy groups -OCH3 is 1. The first-order chi connectivity index (χ1) is 5.87. The number of alkyl halides is 2. The van der Waals surface area contributed by atoms with E-state index in [1.807, 2.05) is 0 Å². The monoisotopic (exact) mass is 192 g/mol. The molecule has 0 aliphatic rings. The van der Waals surface area contributed by atoms with Crippen LogP contribution in [0.15, 0.2) is 12.2 Å². The predicted molar refractivity (Wildman–Crippen MR) is 45.6 cm³/mol. The zero-order chi connectivity index (χ0) is 10.6. The molecule has 0 aliphatic carbocycles. The molecule has 0 rings (SSSR count). The number of allylic oxidation sites excluding steroid dienone is 1. The van der Waals surface area contributed by atoms with E-state index in [4.69, 9.17) is 0 Å². The van der Waals surface area contributed by atoms with Gasteiger partial charge in [0.2, 0.25) is 0 Å². The maximum atomic E-state index is 13.2. The summed E-state index contributed by atoms with van der Waals surface area (Å²) in [7, 11) is 0.946. The molecule has 0 spiro atoms. The Morgan fingerprint density at radius 3 is 2.31 bits per heavy atom. The van der Waals surface area contributed by atoms with Gasteiger partial charge in [-0.25, -0.2) is 4.79 Å². The molecule has 0 aliphatic heterocycles. The second-order valence-corrected chi connectivity index (χ2v) is 2.92. The Kier molecular flexibility index (Phi) is 4.04. The third-order valence-corrected chi connectivity index (χ3v) is 1.90. The van der Waals surface area contributed by atoms with Crippen LogP contribution < -0.4 is 0 Å². The third kappa shape index (κ3) is 2.50. The smallest absolute Gasteiger partial charge is 0.377 e. The molecule has 0 bridgehead atoms. The number of rotatable bonds is 4. The van der Waals surface area contributed by atoms with E-state index in [-0.39, 0.29) is 12.0 Å². The van der Waals surface area contributed by atoms with Crippen LogP contribution in [-0.4, -0.2) is 19.0 Å². The summed E-state index contributed by atoms with van der Waals surface area (Å²) >= 11 is 0. The van der Waals surface area contributed by atoms with E-state index >= 15 is 0 Å². The van der Waals surface area contributed by atoms with Crippen molar-refractivity contribution in [2.75, 3.05) is 7.11 Å². The Morgan fingerprint density at radius 1 is 1.62 bits per heavy atom. The topological polar surface area (TPSA) is 26.3 Å². The zero-order valence-corrected chi connectivity index (χ0v) is 8.06. The van der Waals surface area contributed by atoms with E-state index in [0.717, 1.165) is 7.11 Å².